The molecule has 0 spiro atoms. The van der Waals surface area contributed by atoms with Gasteiger partial charge in [0.15, 0.2) is 8.32 Å². The summed E-state index contributed by atoms with van der Waals surface area (Å²) in [4.78, 5) is 11.7. The third-order valence-electron chi connectivity index (χ3n) is 6.71. The Balaban J connectivity index is 3.10. The van der Waals surface area contributed by atoms with Crippen LogP contribution in [-0.2, 0) is 66.1 Å². The third-order valence-corrected chi connectivity index (χ3v) is 7.78. The van der Waals surface area contributed by atoms with E-state index in [9.17, 15) is 4.79 Å². The predicted octanol–water partition coefficient (Wildman–Crippen LogP) is 4.31. The summed E-state index contributed by atoms with van der Waals surface area (Å²) in [5.41, 5.74) is 0. The molecule has 0 N–H and O–H groups in total. The summed E-state index contributed by atoms with van der Waals surface area (Å²) in [5.74, 6) is -0.144. The molecule has 0 saturated carbocycles. The molecule has 0 atom stereocenters. The molecule has 0 aromatic heterocycles. The standard InChI is InChI=1S/C36H74O14Si/c1-5-6-7-8-9-10-11-36(37)49-34-32-47-30-28-45-26-24-43-22-20-41-18-16-39-14-12-38-13-15-40-17-19-42-21-23-44-25-27-46-29-31-48-33-35-50-51(2,3)4/h5-35H2,1-4H3. The van der Waals surface area contributed by atoms with Crippen molar-refractivity contribution in [2.45, 2.75) is 71.5 Å². The van der Waals surface area contributed by atoms with E-state index in [-0.39, 0.29) is 12.6 Å². The van der Waals surface area contributed by atoms with Crippen LogP contribution in [0.2, 0.25) is 19.6 Å². The maximum absolute atomic E-state index is 11.7. The largest absolute Gasteiger partial charge is 0.463 e. The van der Waals surface area contributed by atoms with Gasteiger partial charge in [-0.25, -0.2) is 0 Å². The number of rotatable bonds is 44. The van der Waals surface area contributed by atoms with E-state index in [1.54, 1.807) is 0 Å². The number of carbonyl (C=O) groups is 1. The Morgan fingerprint density at radius 2 is 0.608 bits per heavy atom. The molecule has 51 heavy (non-hydrogen) atoms. The molecule has 0 aliphatic rings. The van der Waals surface area contributed by atoms with Gasteiger partial charge in [-0.3, -0.25) is 4.79 Å². The zero-order chi connectivity index (χ0) is 37.2. The smallest absolute Gasteiger partial charge is 0.305 e. The van der Waals surface area contributed by atoms with Crippen molar-refractivity contribution in [1.82, 2.24) is 0 Å². The van der Waals surface area contributed by atoms with E-state index in [4.69, 9.17) is 61.3 Å². The fourth-order valence-electron chi connectivity index (χ4n) is 4.04. The van der Waals surface area contributed by atoms with E-state index in [0.29, 0.717) is 158 Å². The summed E-state index contributed by atoms with van der Waals surface area (Å²) in [6.07, 6.45) is 7.42. The molecule has 0 amide bonds. The van der Waals surface area contributed by atoms with Crippen LogP contribution < -0.4 is 0 Å². The Morgan fingerprint density at radius 1 is 0.353 bits per heavy atom. The lowest BCUT2D eigenvalue weighted by Crippen LogP contribution is -2.27. The van der Waals surface area contributed by atoms with E-state index in [2.05, 4.69) is 26.6 Å². The molecular formula is C36H74O14Si. The number of hydrogen-bond acceptors (Lipinski definition) is 14. The van der Waals surface area contributed by atoms with Crippen molar-refractivity contribution in [2.75, 3.05) is 159 Å². The Morgan fingerprint density at radius 3 is 0.902 bits per heavy atom. The van der Waals surface area contributed by atoms with E-state index < -0.39 is 8.32 Å². The summed E-state index contributed by atoms with van der Waals surface area (Å²) in [5, 5.41) is 0. The molecule has 0 rings (SSSR count). The Kier molecular flexibility index (Phi) is 41.3. The maximum atomic E-state index is 11.7. The highest BCUT2D eigenvalue weighted by molar-refractivity contribution is 6.69. The monoisotopic (exact) mass is 758 g/mol. The zero-order valence-electron chi connectivity index (χ0n) is 32.6. The number of unbranched alkanes of at least 4 members (excludes halogenated alkanes) is 5. The maximum Gasteiger partial charge on any atom is 0.305 e. The fourth-order valence-corrected chi connectivity index (χ4v) is 4.74. The van der Waals surface area contributed by atoms with Gasteiger partial charge in [0.2, 0.25) is 0 Å². The molecule has 306 valence electrons. The molecule has 0 radical (unpaired) electrons. The molecule has 0 heterocycles. The number of carbonyl (C=O) groups excluding carboxylic acids is 1. The average molecular weight is 759 g/mol. The first kappa shape index (κ1) is 50.2. The highest BCUT2D eigenvalue weighted by Crippen LogP contribution is 2.07. The fraction of sp³-hybridized carbons (Fsp3) is 0.972. The van der Waals surface area contributed by atoms with Crippen molar-refractivity contribution in [2.24, 2.45) is 0 Å². The second kappa shape index (κ2) is 42.0. The van der Waals surface area contributed by atoms with Crippen molar-refractivity contribution in [3.63, 3.8) is 0 Å². The van der Waals surface area contributed by atoms with Gasteiger partial charge in [-0.05, 0) is 26.1 Å². The molecule has 0 fully saturated rings. The summed E-state index contributed by atoms with van der Waals surface area (Å²) in [6, 6.07) is 0. The summed E-state index contributed by atoms with van der Waals surface area (Å²) in [6.45, 7) is 20.7. The van der Waals surface area contributed by atoms with E-state index in [1.165, 1.54) is 25.7 Å². The van der Waals surface area contributed by atoms with Gasteiger partial charge < -0.3 is 61.3 Å². The quantitative estimate of drug-likeness (QED) is 0.0496. The normalized spacial score (nSPS) is 11.8. The van der Waals surface area contributed by atoms with Crippen molar-refractivity contribution < 1.29 is 66.1 Å². The van der Waals surface area contributed by atoms with Crippen molar-refractivity contribution in [3.05, 3.63) is 0 Å². The first-order valence-electron chi connectivity index (χ1n) is 19.1. The predicted molar refractivity (Wildman–Crippen MR) is 197 cm³/mol. The highest BCUT2D eigenvalue weighted by atomic mass is 28.4. The van der Waals surface area contributed by atoms with E-state index in [0.717, 1.165) is 12.8 Å². The van der Waals surface area contributed by atoms with Crippen molar-refractivity contribution in [1.29, 1.82) is 0 Å². The van der Waals surface area contributed by atoms with Crippen molar-refractivity contribution in [3.8, 4) is 0 Å². The Bertz CT molecular complexity index is 687. The van der Waals surface area contributed by atoms with Gasteiger partial charge in [0.25, 0.3) is 0 Å². The lowest BCUT2D eigenvalue weighted by molar-refractivity contribution is -0.145. The topological polar surface area (TPSA) is 137 Å². The molecule has 0 bridgehead atoms. The van der Waals surface area contributed by atoms with Crippen LogP contribution in [0, 0.1) is 0 Å². The molecule has 0 aliphatic heterocycles. The first-order chi connectivity index (χ1) is 25.0. The third kappa shape index (κ3) is 47.2. The molecule has 0 saturated heterocycles. The molecule has 14 nitrogen and oxygen atoms in total. The first-order valence-corrected chi connectivity index (χ1v) is 22.5. The summed E-state index contributed by atoms with van der Waals surface area (Å²) >= 11 is 0. The van der Waals surface area contributed by atoms with E-state index in [1.807, 2.05) is 0 Å². The van der Waals surface area contributed by atoms with Crippen molar-refractivity contribution >= 4 is 14.3 Å². The van der Waals surface area contributed by atoms with Gasteiger partial charge in [0.1, 0.15) is 6.61 Å². The van der Waals surface area contributed by atoms with Gasteiger partial charge in [-0.1, -0.05) is 39.0 Å². The number of ether oxygens (including phenoxy) is 12. The SMILES string of the molecule is CCCCCCCCC(=O)OCCOCCOCCOCCOCCOCCOCCOCCOCCOCCOCCOCCO[Si](C)(C)C. The lowest BCUT2D eigenvalue weighted by atomic mass is 10.1. The molecular weight excluding hydrogens is 684 g/mol. The molecule has 0 aliphatic carbocycles. The summed E-state index contributed by atoms with van der Waals surface area (Å²) in [7, 11) is -1.46. The van der Waals surface area contributed by atoms with Crippen LogP contribution in [0.3, 0.4) is 0 Å². The summed E-state index contributed by atoms with van der Waals surface area (Å²) < 4.78 is 71.1. The minimum Gasteiger partial charge on any atom is -0.463 e. The molecule has 15 heteroatoms. The number of hydrogen-bond donors (Lipinski definition) is 0. The second-order valence-corrected chi connectivity index (χ2v) is 16.9. The van der Waals surface area contributed by atoms with Crippen LogP contribution in [0.15, 0.2) is 0 Å². The molecule has 0 aromatic carbocycles. The second-order valence-electron chi connectivity index (χ2n) is 12.4. The van der Waals surface area contributed by atoms with Gasteiger partial charge in [-0.2, -0.15) is 0 Å². The van der Waals surface area contributed by atoms with Gasteiger partial charge in [0.05, 0.1) is 152 Å². The lowest BCUT2D eigenvalue weighted by Gasteiger charge is -2.16. The Labute approximate surface area is 310 Å². The van der Waals surface area contributed by atoms with Crippen LogP contribution >= 0.6 is 0 Å². The van der Waals surface area contributed by atoms with Crippen LogP contribution in [0.5, 0.6) is 0 Å². The highest BCUT2D eigenvalue weighted by Gasteiger charge is 2.13. The number of esters is 1. The van der Waals surface area contributed by atoms with Crippen LogP contribution in [-0.4, -0.2) is 173 Å². The molecule has 0 unspecified atom stereocenters. The van der Waals surface area contributed by atoms with Gasteiger partial charge in [-0.15, -0.1) is 0 Å². The van der Waals surface area contributed by atoms with Gasteiger partial charge in [0, 0.05) is 6.42 Å². The van der Waals surface area contributed by atoms with E-state index >= 15 is 0 Å². The van der Waals surface area contributed by atoms with Crippen LogP contribution in [0.1, 0.15) is 51.9 Å². The van der Waals surface area contributed by atoms with Gasteiger partial charge >= 0.3 is 5.97 Å². The Hall–Kier alpha value is -0.793. The van der Waals surface area contributed by atoms with Crippen LogP contribution in [0.25, 0.3) is 0 Å². The zero-order valence-corrected chi connectivity index (χ0v) is 33.6. The minimum absolute atomic E-state index is 0.144. The van der Waals surface area contributed by atoms with Crippen LogP contribution in [0.4, 0.5) is 0 Å². The average Bonchev–Trinajstić information content (AvgIpc) is 3.10. The molecule has 0 aromatic rings. The minimum atomic E-state index is -1.46.